The van der Waals surface area contributed by atoms with E-state index in [0.717, 1.165) is 24.0 Å². The zero-order valence-corrected chi connectivity index (χ0v) is 20.5. The topological polar surface area (TPSA) is 65.0 Å². The Labute approximate surface area is 201 Å². The maximum Gasteiger partial charge on any atom is 0.341 e. The van der Waals surface area contributed by atoms with Crippen molar-refractivity contribution in [2.24, 2.45) is 11.8 Å². The van der Waals surface area contributed by atoms with Gasteiger partial charge in [0.1, 0.15) is 11.5 Å². The van der Waals surface area contributed by atoms with E-state index in [2.05, 4.69) is 32.6 Å². The molecule has 2 aromatic rings. The molecule has 1 N–H and O–H groups in total. The summed E-state index contributed by atoms with van der Waals surface area (Å²) in [5.74, 6) is 0.704. The Morgan fingerprint density at radius 3 is 2.52 bits per heavy atom. The van der Waals surface area contributed by atoms with Gasteiger partial charge in [-0.2, -0.15) is 0 Å². The first-order chi connectivity index (χ1) is 15.7. The Balaban J connectivity index is 2.02. The van der Waals surface area contributed by atoms with Crippen LogP contribution in [0.15, 0.2) is 54.6 Å². The highest BCUT2D eigenvalue weighted by atomic mass is 35.5. The third kappa shape index (κ3) is 6.30. The predicted molar refractivity (Wildman–Crippen MR) is 130 cm³/mol. The molecule has 1 fully saturated rings. The Bertz CT molecular complexity index is 969. The van der Waals surface area contributed by atoms with Crippen LogP contribution < -0.4 is 9.47 Å². The zero-order valence-electron chi connectivity index (χ0n) is 19.7. The molecule has 1 aliphatic heterocycles. The third-order valence-corrected chi connectivity index (χ3v) is 6.41. The number of aliphatic carboxylic acids is 1. The molecule has 33 heavy (non-hydrogen) atoms. The zero-order chi connectivity index (χ0) is 24.1. The van der Waals surface area contributed by atoms with Crippen molar-refractivity contribution in [3.05, 3.63) is 70.8 Å². The third-order valence-electron chi connectivity index (χ3n) is 6.16. The molecular formula is C27H33ClO5. The Hall–Kier alpha value is -2.50. The van der Waals surface area contributed by atoms with E-state index in [9.17, 15) is 4.79 Å². The van der Waals surface area contributed by atoms with Crippen LogP contribution in [0.2, 0.25) is 5.02 Å². The smallest absolute Gasteiger partial charge is 0.341 e. The lowest BCUT2D eigenvalue weighted by atomic mass is 9.74. The van der Waals surface area contributed by atoms with E-state index < -0.39 is 12.6 Å². The van der Waals surface area contributed by atoms with Crippen molar-refractivity contribution in [1.29, 1.82) is 0 Å². The number of carbonyl (C=O) groups is 1. The van der Waals surface area contributed by atoms with Gasteiger partial charge in [0, 0.05) is 28.5 Å². The molecule has 0 spiro atoms. The van der Waals surface area contributed by atoms with Crippen LogP contribution in [-0.4, -0.2) is 30.9 Å². The fourth-order valence-corrected chi connectivity index (χ4v) is 4.69. The molecule has 0 aromatic heterocycles. The minimum absolute atomic E-state index is 0.0128. The number of ether oxygens (including phenoxy) is 3. The lowest BCUT2D eigenvalue weighted by molar-refractivity contribution is -0.139. The second-order valence-electron chi connectivity index (χ2n) is 9.16. The summed E-state index contributed by atoms with van der Waals surface area (Å²) in [6.07, 6.45) is 1.45. The molecule has 0 unspecified atom stereocenters. The summed E-state index contributed by atoms with van der Waals surface area (Å²) in [5, 5.41) is 9.86. The number of hydrogen-bond donors (Lipinski definition) is 1. The van der Waals surface area contributed by atoms with Crippen LogP contribution in [0.3, 0.4) is 0 Å². The van der Waals surface area contributed by atoms with Gasteiger partial charge in [-0.05, 0) is 55.5 Å². The van der Waals surface area contributed by atoms with Gasteiger partial charge in [0.2, 0.25) is 0 Å². The van der Waals surface area contributed by atoms with Gasteiger partial charge in [0.25, 0.3) is 0 Å². The lowest BCUT2D eigenvalue weighted by Gasteiger charge is -2.43. The highest BCUT2D eigenvalue weighted by Crippen LogP contribution is 2.49. The monoisotopic (exact) mass is 472 g/mol. The number of halogens is 1. The van der Waals surface area contributed by atoms with E-state index in [-0.39, 0.29) is 24.0 Å². The van der Waals surface area contributed by atoms with Crippen LogP contribution in [-0.2, 0) is 9.53 Å². The van der Waals surface area contributed by atoms with E-state index >= 15 is 0 Å². The van der Waals surface area contributed by atoms with Gasteiger partial charge >= 0.3 is 5.97 Å². The number of carboxylic acids is 1. The van der Waals surface area contributed by atoms with E-state index in [1.807, 2.05) is 31.2 Å². The fourth-order valence-electron chi connectivity index (χ4n) is 4.56. The summed E-state index contributed by atoms with van der Waals surface area (Å²) in [7, 11) is 1.57. The highest BCUT2D eigenvalue weighted by Gasteiger charge is 2.41. The second-order valence-corrected chi connectivity index (χ2v) is 9.59. The largest absolute Gasteiger partial charge is 0.497 e. The first-order valence-corrected chi connectivity index (χ1v) is 11.7. The average molecular weight is 473 g/mol. The minimum Gasteiger partial charge on any atom is -0.497 e. The number of methoxy groups -OCH3 is 1. The summed E-state index contributed by atoms with van der Waals surface area (Å²) >= 11 is 6.14. The van der Waals surface area contributed by atoms with Crippen LogP contribution in [0.25, 0.3) is 0 Å². The molecule has 178 valence electrons. The van der Waals surface area contributed by atoms with Gasteiger partial charge in [0.15, 0.2) is 6.61 Å². The van der Waals surface area contributed by atoms with E-state index in [1.54, 1.807) is 13.2 Å². The summed E-state index contributed by atoms with van der Waals surface area (Å²) in [6, 6.07) is 13.5. The lowest BCUT2D eigenvalue weighted by Crippen LogP contribution is -2.37. The normalized spacial score (nSPS) is 22.7. The Kier molecular flexibility index (Phi) is 8.44. The molecule has 4 atom stereocenters. The van der Waals surface area contributed by atoms with Crippen LogP contribution in [0, 0.1) is 11.8 Å². The molecule has 0 bridgehead atoms. The molecule has 5 nitrogen and oxygen atoms in total. The highest BCUT2D eigenvalue weighted by molar-refractivity contribution is 6.30. The van der Waals surface area contributed by atoms with Crippen LogP contribution in [0.1, 0.15) is 56.8 Å². The molecule has 1 saturated heterocycles. The number of benzene rings is 2. The Morgan fingerprint density at radius 1 is 1.24 bits per heavy atom. The van der Waals surface area contributed by atoms with Gasteiger partial charge in [-0.15, -0.1) is 0 Å². The summed E-state index contributed by atoms with van der Waals surface area (Å²) in [5.41, 5.74) is 3.03. The van der Waals surface area contributed by atoms with Crippen molar-refractivity contribution in [1.82, 2.24) is 0 Å². The molecule has 1 aliphatic rings. The SMILES string of the molecule is C=C(C)[C@@H]1C[C@@H](c2ccc(Cl)cc2)[C@@H](CC(C)C)O[C@H]1c1ccc(OC)cc1OCC(=O)O. The second kappa shape index (κ2) is 11.1. The van der Waals surface area contributed by atoms with Crippen molar-refractivity contribution in [2.75, 3.05) is 13.7 Å². The summed E-state index contributed by atoms with van der Waals surface area (Å²) in [4.78, 5) is 11.2. The van der Waals surface area contributed by atoms with Crippen molar-refractivity contribution >= 4 is 17.6 Å². The van der Waals surface area contributed by atoms with Crippen molar-refractivity contribution in [3.8, 4) is 11.5 Å². The number of carboxylic acid groups (broad SMARTS) is 1. The summed E-state index contributed by atoms with van der Waals surface area (Å²) < 4.78 is 17.8. The molecule has 0 aliphatic carbocycles. The maximum absolute atomic E-state index is 11.2. The maximum atomic E-state index is 11.2. The number of rotatable bonds is 9. The van der Waals surface area contributed by atoms with E-state index in [1.165, 1.54) is 5.56 Å². The van der Waals surface area contributed by atoms with Crippen LogP contribution in [0.4, 0.5) is 0 Å². The molecule has 0 saturated carbocycles. The standard InChI is InChI=1S/C27H33ClO5/c1-16(2)12-25-23(18-6-8-19(28)9-7-18)14-22(17(3)4)27(33-25)21-11-10-20(31-5)13-24(21)32-15-26(29)30/h6-11,13,16,22-23,25,27H,3,12,14-15H2,1-2,4-5H3,(H,29,30)/t22-,23-,25+,27-/m0/s1. The van der Waals surface area contributed by atoms with E-state index in [4.69, 9.17) is 30.9 Å². The van der Waals surface area contributed by atoms with E-state index in [0.29, 0.717) is 22.4 Å². The predicted octanol–water partition coefficient (Wildman–Crippen LogP) is 6.66. The van der Waals surface area contributed by atoms with Crippen LogP contribution >= 0.6 is 11.6 Å². The Morgan fingerprint density at radius 2 is 1.94 bits per heavy atom. The first-order valence-electron chi connectivity index (χ1n) is 11.3. The van der Waals surface area contributed by atoms with Gasteiger partial charge in [-0.1, -0.05) is 49.7 Å². The summed E-state index contributed by atoms with van der Waals surface area (Å²) in [6.45, 7) is 10.2. The first kappa shape index (κ1) is 25.1. The molecule has 0 amide bonds. The van der Waals surface area contributed by atoms with Gasteiger partial charge in [-0.3, -0.25) is 0 Å². The average Bonchev–Trinajstić information content (AvgIpc) is 2.77. The van der Waals surface area contributed by atoms with Crippen molar-refractivity contribution in [2.45, 2.75) is 51.7 Å². The van der Waals surface area contributed by atoms with Gasteiger partial charge < -0.3 is 19.3 Å². The molecule has 3 rings (SSSR count). The van der Waals surface area contributed by atoms with Crippen molar-refractivity contribution < 1.29 is 24.1 Å². The molecule has 0 radical (unpaired) electrons. The van der Waals surface area contributed by atoms with Crippen LogP contribution in [0.5, 0.6) is 11.5 Å². The minimum atomic E-state index is -1.04. The molecule has 6 heteroatoms. The van der Waals surface area contributed by atoms with Gasteiger partial charge in [0.05, 0.1) is 19.3 Å². The molecule has 1 heterocycles. The van der Waals surface area contributed by atoms with Gasteiger partial charge in [-0.25, -0.2) is 4.79 Å². The van der Waals surface area contributed by atoms with Crippen molar-refractivity contribution in [3.63, 3.8) is 0 Å². The molecular weight excluding hydrogens is 440 g/mol. The number of hydrogen-bond acceptors (Lipinski definition) is 4. The molecule has 2 aromatic carbocycles. The fraction of sp³-hybridized carbons (Fsp3) is 0.444. The quantitative estimate of drug-likeness (QED) is 0.413.